The van der Waals surface area contributed by atoms with E-state index in [2.05, 4.69) is 20.2 Å². The number of aromatic nitrogens is 2. The SMILES string of the molecule is Cc1cc(N2CCC[C@@](O)(CNC(=O)c3cccc(OCCCN)c3)C2)c2cnccc2n1. The molecule has 1 atom stereocenters. The van der Waals surface area contributed by atoms with Crippen LogP contribution in [0.15, 0.2) is 48.8 Å². The highest BCUT2D eigenvalue weighted by atomic mass is 16.5. The summed E-state index contributed by atoms with van der Waals surface area (Å²) in [6, 6.07) is 11.0. The molecule has 33 heavy (non-hydrogen) atoms. The van der Waals surface area contributed by atoms with Crippen molar-refractivity contribution >= 4 is 22.5 Å². The van der Waals surface area contributed by atoms with E-state index in [1.54, 1.807) is 24.4 Å². The predicted molar refractivity (Wildman–Crippen MR) is 129 cm³/mol. The Labute approximate surface area is 193 Å². The van der Waals surface area contributed by atoms with Crippen LogP contribution < -0.4 is 20.7 Å². The molecule has 8 nitrogen and oxygen atoms in total. The Morgan fingerprint density at radius 3 is 3.06 bits per heavy atom. The molecule has 1 saturated heterocycles. The van der Waals surface area contributed by atoms with E-state index in [-0.39, 0.29) is 12.5 Å². The van der Waals surface area contributed by atoms with Gasteiger partial charge in [-0.1, -0.05) is 6.07 Å². The lowest BCUT2D eigenvalue weighted by atomic mass is 9.92. The summed E-state index contributed by atoms with van der Waals surface area (Å²) in [6.07, 6.45) is 5.74. The number of hydrogen-bond donors (Lipinski definition) is 3. The molecule has 2 aromatic heterocycles. The average molecular weight is 450 g/mol. The van der Waals surface area contributed by atoms with Gasteiger partial charge in [0, 0.05) is 54.4 Å². The van der Waals surface area contributed by atoms with Gasteiger partial charge in [0.1, 0.15) is 5.75 Å². The first-order valence-corrected chi connectivity index (χ1v) is 11.4. The molecular weight excluding hydrogens is 418 g/mol. The van der Waals surface area contributed by atoms with Crippen LogP contribution >= 0.6 is 0 Å². The molecule has 1 aliphatic rings. The minimum absolute atomic E-state index is 0.167. The minimum atomic E-state index is -1.03. The number of amides is 1. The van der Waals surface area contributed by atoms with Gasteiger partial charge in [-0.05, 0) is 63.1 Å². The maximum atomic E-state index is 12.8. The van der Waals surface area contributed by atoms with Crippen molar-refractivity contribution in [2.75, 3.05) is 37.7 Å². The third-order valence-electron chi connectivity index (χ3n) is 5.90. The molecule has 174 valence electrons. The van der Waals surface area contributed by atoms with Gasteiger partial charge in [0.25, 0.3) is 5.91 Å². The lowest BCUT2D eigenvalue weighted by Gasteiger charge is -2.41. The summed E-state index contributed by atoms with van der Waals surface area (Å²) in [5, 5.41) is 15.2. The molecule has 1 aliphatic heterocycles. The van der Waals surface area contributed by atoms with Crippen LogP contribution in [0.25, 0.3) is 10.9 Å². The van der Waals surface area contributed by atoms with E-state index in [9.17, 15) is 9.90 Å². The van der Waals surface area contributed by atoms with Crippen molar-refractivity contribution in [3.05, 3.63) is 60.0 Å². The number of hydrogen-bond acceptors (Lipinski definition) is 7. The van der Waals surface area contributed by atoms with Crippen LogP contribution in [0.5, 0.6) is 5.75 Å². The monoisotopic (exact) mass is 449 g/mol. The molecule has 0 unspecified atom stereocenters. The van der Waals surface area contributed by atoms with Crippen LogP contribution in [0.3, 0.4) is 0 Å². The number of anilines is 1. The van der Waals surface area contributed by atoms with Crippen molar-refractivity contribution in [2.45, 2.75) is 31.8 Å². The Morgan fingerprint density at radius 2 is 2.21 bits per heavy atom. The normalized spacial score (nSPS) is 18.3. The van der Waals surface area contributed by atoms with Crippen LogP contribution in [0.4, 0.5) is 5.69 Å². The van der Waals surface area contributed by atoms with Crippen LogP contribution in [0.2, 0.25) is 0 Å². The second kappa shape index (κ2) is 10.1. The zero-order valence-electron chi connectivity index (χ0n) is 19.0. The molecule has 1 amide bonds. The first-order chi connectivity index (χ1) is 16.0. The van der Waals surface area contributed by atoms with E-state index >= 15 is 0 Å². The molecule has 4 rings (SSSR count). The lowest BCUT2D eigenvalue weighted by Crippen LogP contribution is -2.54. The minimum Gasteiger partial charge on any atom is -0.494 e. The largest absolute Gasteiger partial charge is 0.494 e. The van der Waals surface area contributed by atoms with Gasteiger partial charge >= 0.3 is 0 Å². The number of fused-ring (bicyclic) bond motifs is 1. The second-order valence-corrected chi connectivity index (χ2v) is 8.63. The summed E-state index contributed by atoms with van der Waals surface area (Å²) in [5.41, 5.74) is 7.78. The van der Waals surface area contributed by atoms with Gasteiger partial charge in [-0.25, -0.2) is 0 Å². The zero-order valence-corrected chi connectivity index (χ0v) is 19.0. The maximum Gasteiger partial charge on any atom is 0.251 e. The van der Waals surface area contributed by atoms with E-state index in [0.29, 0.717) is 37.4 Å². The molecule has 1 aromatic carbocycles. The number of piperidine rings is 1. The summed E-state index contributed by atoms with van der Waals surface area (Å²) >= 11 is 0. The molecule has 0 saturated carbocycles. The van der Waals surface area contributed by atoms with E-state index in [1.807, 2.05) is 31.3 Å². The number of aliphatic hydroxyl groups is 1. The first kappa shape index (κ1) is 22.9. The van der Waals surface area contributed by atoms with Gasteiger partial charge in [-0.2, -0.15) is 0 Å². The third kappa shape index (κ3) is 5.58. The Balaban J connectivity index is 1.43. The Hall–Kier alpha value is -3.23. The lowest BCUT2D eigenvalue weighted by molar-refractivity contribution is 0.0257. The molecule has 8 heteroatoms. The maximum absolute atomic E-state index is 12.8. The smallest absolute Gasteiger partial charge is 0.251 e. The number of nitrogens with two attached hydrogens (primary N) is 1. The molecular formula is C25H31N5O3. The molecule has 3 heterocycles. The molecule has 0 radical (unpaired) electrons. The summed E-state index contributed by atoms with van der Waals surface area (Å²) in [6.45, 7) is 4.44. The number of rotatable bonds is 8. The fourth-order valence-corrected chi connectivity index (χ4v) is 4.25. The van der Waals surface area contributed by atoms with Gasteiger partial charge < -0.3 is 25.8 Å². The fourth-order valence-electron chi connectivity index (χ4n) is 4.25. The van der Waals surface area contributed by atoms with Crippen molar-refractivity contribution in [1.29, 1.82) is 0 Å². The number of nitrogens with one attached hydrogen (secondary N) is 1. The molecule has 1 fully saturated rings. The Morgan fingerprint density at radius 1 is 1.33 bits per heavy atom. The van der Waals surface area contributed by atoms with Crippen LogP contribution in [-0.2, 0) is 0 Å². The molecule has 4 N–H and O–H groups in total. The Kier molecular flexibility index (Phi) is 7.05. The van der Waals surface area contributed by atoms with Gasteiger partial charge in [-0.15, -0.1) is 0 Å². The van der Waals surface area contributed by atoms with Gasteiger partial charge in [0.05, 0.1) is 17.7 Å². The topological polar surface area (TPSA) is 114 Å². The number of carbonyl (C=O) groups is 1. The molecule has 3 aromatic rings. The third-order valence-corrected chi connectivity index (χ3v) is 5.90. The summed E-state index contributed by atoms with van der Waals surface area (Å²) in [7, 11) is 0. The highest BCUT2D eigenvalue weighted by molar-refractivity contribution is 5.94. The number of carbonyl (C=O) groups excluding carboxylic acids is 1. The first-order valence-electron chi connectivity index (χ1n) is 11.4. The van der Waals surface area contributed by atoms with Gasteiger partial charge in [0.2, 0.25) is 0 Å². The molecule has 0 bridgehead atoms. The highest BCUT2D eigenvalue weighted by Crippen LogP contribution is 2.31. The quantitative estimate of drug-likeness (QED) is 0.453. The molecule has 0 spiro atoms. The van der Waals surface area contributed by atoms with Crippen molar-refractivity contribution in [1.82, 2.24) is 15.3 Å². The number of nitrogens with zero attached hydrogens (tertiary/aromatic N) is 3. The standard InChI is InChI=1S/C25H31N5O3/c1-18-13-23(21-15-27-10-7-22(21)29-18)30-11-3-8-25(32,17-30)16-28-24(31)19-5-2-6-20(14-19)33-12-4-9-26/h2,5-7,10,13-15,32H,3-4,8-9,11-12,16-17,26H2,1H3,(H,28,31)/t25-/m1/s1. The molecule has 0 aliphatic carbocycles. The second-order valence-electron chi connectivity index (χ2n) is 8.63. The van der Waals surface area contributed by atoms with Crippen molar-refractivity contribution in [3.8, 4) is 5.75 Å². The average Bonchev–Trinajstić information content (AvgIpc) is 2.82. The number of aryl methyl sites for hydroxylation is 1. The van der Waals surface area contributed by atoms with E-state index in [4.69, 9.17) is 10.5 Å². The summed E-state index contributed by atoms with van der Waals surface area (Å²) < 4.78 is 5.63. The van der Waals surface area contributed by atoms with Crippen molar-refractivity contribution in [3.63, 3.8) is 0 Å². The van der Waals surface area contributed by atoms with Crippen molar-refractivity contribution in [2.24, 2.45) is 5.73 Å². The fraction of sp³-hybridized carbons (Fsp3) is 0.400. The van der Waals surface area contributed by atoms with Gasteiger partial charge in [-0.3, -0.25) is 14.8 Å². The number of β-amino-alcohol motifs (C(OH)–C–C–N with tert-alkyl or cyclic N) is 1. The summed E-state index contributed by atoms with van der Waals surface area (Å²) in [5.74, 6) is 0.395. The van der Waals surface area contributed by atoms with Crippen LogP contribution in [0.1, 0.15) is 35.3 Å². The van der Waals surface area contributed by atoms with Crippen molar-refractivity contribution < 1.29 is 14.6 Å². The van der Waals surface area contributed by atoms with E-state index < -0.39 is 5.60 Å². The zero-order chi connectivity index (χ0) is 23.3. The number of benzene rings is 1. The highest BCUT2D eigenvalue weighted by Gasteiger charge is 2.34. The number of ether oxygens (including phenoxy) is 1. The summed E-state index contributed by atoms with van der Waals surface area (Å²) in [4.78, 5) is 23.8. The van der Waals surface area contributed by atoms with Crippen LogP contribution in [0, 0.1) is 6.92 Å². The van der Waals surface area contributed by atoms with Gasteiger partial charge in [0.15, 0.2) is 0 Å². The van der Waals surface area contributed by atoms with E-state index in [0.717, 1.165) is 41.7 Å². The van der Waals surface area contributed by atoms with E-state index in [1.165, 1.54) is 0 Å². The number of pyridine rings is 2. The predicted octanol–water partition coefficient (Wildman–Crippen LogP) is 2.43. The van der Waals surface area contributed by atoms with Crippen LogP contribution in [-0.4, -0.2) is 59.4 Å². The Bertz CT molecular complexity index is 1120.